The van der Waals surface area contributed by atoms with Gasteiger partial charge in [0.1, 0.15) is 0 Å². The van der Waals surface area contributed by atoms with Crippen molar-refractivity contribution in [2.45, 2.75) is 12.1 Å². The third-order valence-corrected chi connectivity index (χ3v) is 2.40. The van der Waals surface area contributed by atoms with E-state index in [9.17, 15) is 0 Å². The predicted molar refractivity (Wildman–Crippen MR) is 43.0 cm³/mol. The van der Waals surface area contributed by atoms with Crippen LogP contribution in [0.4, 0.5) is 0 Å². The van der Waals surface area contributed by atoms with Gasteiger partial charge in [-0.1, -0.05) is 0 Å². The Hall–Kier alpha value is -0.160. The van der Waals surface area contributed by atoms with Gasteiger partial charge in [0.15, 0.2) is 0 Å². The third-order valence-electron chi connectivity index (χ3n) is 2.40. The van der Waals surface area contributed by atoms with E-state index in [4.69, 9.17) is 14.6 Å². The van der Waals surface area contributed by atoms with Crippen LogP contribution in [-0.4, -0.2) is 61.7 Å². The summed E-state index contributed by atoms with van der Waals surface area (Å²) in [6.07, 6.45) is 0.414. The van der Waals surface area contributed by atoms with Crippen LogP contribution in [0.1, 0.15) is 0 Å². The van der Waals surface area contributed by atoms with Crippen molar-refractivity contribution in [3.8, 4) is 0 Å². The Bertz CT molecular complexity index is 149. The predicted octanol–water partition coefficient (Wildman–Crippen LogP) is -0.922. The quantitative estimate of drug-likeness (QED) is 0.561. The molecule has 2 fully saturated rings. The number of morpholine rings is 1. The number of aliphatic hydroxyl groups is 1. The van der Waals surface area contributed by atoms with E-state index >= 15 is 0 Å². The molecule has 0 aromatic heterocycles. The standard InChI is InChI=1S/C8H15NO3/c10-4-7-5-11-2-1-9(7)3-8-6-12-8/h7-8,10H,1-6H2/t7?,8-/m1/s1. The lowest BCUT2D eigenvalue weighted by Crippen LogP contribution is -2.48. The minimum Gasteiger partial charge on any atom is -0.395 e. The molecule has 2 heterocycles. The van der Waals surface area contributed by atoms with Crippen molar-refractivity contribution in [1.82, 2.24) is 4.90 Å². The van der Waals surface area contributed by atoms with E-state index in [-0.39, 0.29) is 12.6 Å². The molecule has 0 bridgehead atoms. The minimum atomic E-state index is 0.183. The van der Waals surface area contributed by atoms with Crippen LogP contribution in [0.3, 0.4) is 0 Å². The fourth-order valence-corrected chi connectivity index (χ4v) is 1.53. The largest absolute Gasteiger partial charge is 0.395 e. The Balaban J connectivity index is 1.81. The number of nitrogens with zero attached hydrogens (tertiary/aromatic N) is 1. The molecule has 0 radical (unpaired) electrons. The van der Waals surface area contributed by atoms with Crippen LogP contribution in [0, 0.1) is 0 Å². The summed E-state index contributed by atoms with van der Waals surface area (Å²) in [5.41, 5.74) is 0. The summed E-state index contributed by atoms with van der Waals surface area (Å²) in [6.45, 7) is 4.38. The maximum Gasteiger partial charge on any atom is 0.0936 e. The Morgan fingerprint density at radius 1 is 1.42 bits per heavy atom. The molecule has 2 rings (SSSR count). The molecule has 0 aliphatic carbocycles. The number of epoxide rings is 1. The van der Waals surface area contributed by atoms with Gasteiger partial charge in [0.2, 0.25) is 0 Å². The molecule has 2 saturated heterocycles. The number of hydrogen-bond acceptors (Lipinski definition) is 4. The van der Waals surface area contributed by atoms with Crippen LogP contribution >= 0.6 is 0 Å². The smallest absolute Gasteiger partial charge is 0.0936 e. The zero-order chi connectivity index (χ0) is 8.39. The molecule has 12 heavy (non-hydrogen) atoms. The van der Waals surface area contributed by atoms with E-state index in [0.717, 1.165) is 26.3 Å². The van der Waals surface area contributed by atoms with Gasteiger partial charge in [0, 0.05) is 13.1 Å². The summed E-state index contributed by atoms with van der Waals surface area (Å²) < 4.78 is 10.4. The second-order valence-electron chi connectivity index (χ2n) is 3.36. The van der Waals surface area contributed by atoms with Gasteiger partial charge < -0.3 is 14.6 Å². The van der Waals surface area contributed by atoms with E-state index in [0.29, 0.717) is 12.7 Å². The van der Waals surface area contributed by atoms with Gasteiger partial charge in [-0.2, -0.15) is 0 Å². The Morgan fingerprint density at radius 2 is 2.25 bits per heavy atom. The molecule has 0 aromatic carbocycles. The molecule has 4 heteroatoms. The summed E-state index contributed by atoms with van der Waals surface area (Å²) in [5, 5.41) is 9.03. The molecule has 2 aliphatic heterocycles. The topological polar surface area (TPSA) is 45.2 Å². The lowest BCUT2D eigenvalue weighted by atomic mass is 10.2. The van der Waals surface area contributed by atoms with Crippen LogP contribution in [-0.2, 0) is 9.47 Å². The van der Waals surface area contributed by atoms with E-state index in [2.05, 4.69) is 4.90 Å². The lowest BCUT2D eigenvalue weighted by Gasteiger charge is -2.33. The molecule has 2 atom stereocenters. The van der Waals surface area contributed by atoms with Gasteiger partial charge in [0.25, 0.3) is 0 Å². The Kier molecular flexibility index (Phi) is 2.60. The van der Waals surface area contributed by atoms with Crippen molar-refractivity contribution in [2.24, 2.45) is 0 Å². The second-order valence-corrected chi connectivity index (χ2v) is 3.36. The van der Waals surface area contributed by atoms with Crippen molar-refractivity contribution < 1.29 is 14.6 Å². The summed E-state index contributed by atoms with van der Waals surface area (Å²) in [6, 6.07) is 0.183. The first kappa shape index (κ1) is 8.44. The van der Waals surface area contributed by atoms with E-state index in [1.54, 1.807) is 0 Å². The lowest BCUT2D eigenvalue weighted by molar-refractivity contribution is -0.0294. The van der Waals surface area contributed by atoms with Gasteiger partial charge in [0.05, 0.1) is 38.6 Å². The molecule has 4 nitrogen and oxygen atoms in total. The Labute approximate surface area is 72.1 Å². The summed E-state index contributed by atoms with van der Waals surface area (Å²) in [4.78, 5) is 2.25. The van der Waals surface area contributed by atoms with Crippen LogP contribution in [0.5, 0.6) is 0 Å². The van der Waals surface area contributed by atoms with Crippen molar-refractivity contribution in [2.75, 3.05) is 39.5 Å². The van der Waals surface area contributed by atoms with Crippen LogP contribution < -0.4 is 0 Å². The number of hydrogen-bond donors (Lipinski definition) is 1. The van der Waals surface area contributed by atoms with Crippen LogP contribution in [0.25, 0.3) is 0 Å². The summed E-state index contributed by atoms with van der Waals surface area (Å²) in [7, 11) is 0. The van der Waals surface area contributed by atoms with Crippen LogP contribution in [0.15, 0.2) is 0 Å². The van der Waals surface area contributed by atoms with Crippen molar-refractivity contribution in [1.29, 1.82) is 0 Å². The molecule has 2 aliphatic rings. The second kappa shape index (κ2) is 3.70. The summed E-state index contributed by atoms with van der Waals surface area (Å²) >= 11 is 0. The maximum absolute atomic E-state index is 9.03. The molecule has 1 unspecified atom stereocenters. The van der Waals surface area contributed by atoms with Crippen LogP contribution in [0.2, 0.25) is 0 Å². The first-order valence-corrected chi connectivity index (χ1v) is 4.44. The maximum atomic E-state index is 9.03. The number of aliphatic hydroxyl groups excluding tert-OH is 1. The van der Waals surface area contributed by atoms with Crippen molar-refractivity contribution >= 4 is 0 Å². The molecule has 1 N–H and O–H groups in total. The number of ether oxygens (including phenoxy) is 2. The van der Waals surface area contributed by atoms with E-state index in [1.165, 1.54) is 0 Å². The van der Waals surface area contributed by atoms with Gasteiger partial charge in [-0.3, -0.25) is 4.90 Å². The van der Waals surface area contributed by atoms with Gasteiger partial charge in [-0.05, 0) is 0 Å². The highest BCUT2D eigenvalue weighted by atomic mass is 16.6. The SMILES string of the molecule is OCC1COCCN1C[C@@H]1CO1. The highest BCUT2D eigenvalue weighted by Gasteiger charge is 2.30. The molecule has 0 amide bonds. The molecule has 70 valence electrons. The first-order valence-electron chi connectivity index (χ1n) is 4.44. The zero-order valence-electron chi connectivity index (χ0n) is 7.11. The highest BCUT2D eigenvalue weighted by Crippen LogP contribution is 2.14. The average molecular weight is 173 g/mol. The van der Waals surface area contributed by atoms with E-state index < -0.39 is 0 Å². The monoisotopic (exact) mass is 173 g/mol. The molecule has 0 saturated carbocycles. The van der Waals surface area contributed by atoms with Crippen molar-refractivity contribution in [3.05, 3.63) is 0 Å². The summed E-state index contributed by atoms with van der Waals surface area (Å²) in [5.74, 6) is 0. The fourth-order valence-electron chi connectivity index (χ4n) is 1.53. The van der Waals surface area contributed by atoms with Gasteiger partial charge in [-0.15, -0.1) is 0 Å². The molecule has 0 aromatic rings. The molecular weight excluding hydrogens is 158 g/mol. The first-order chi connectivity index (χ1) is 5.90. The third kappa shape index (κ3) is 1.95. The fraction of sp³-hybridized carbons (Fsp3) is 1.00. The normalized spacial score (nSPS) is 36.8. The zero-order valence-corrected chi connectivity index (χ0v) is 7.11. The Morgan fingerprint density at radius 3 is 2.92 bits per heavy atom. The molecule has 0 spiro atoms. The van der Waals surface area contributed by atoms with Gasteiger partial charge >= 0.3 is 0 Å². The van der Waals surface area contributed by atoms with E-state index in [1.807, 2.05) is 0 Å². The minimum absolute atomic E-state index is 0.183. The highest BCUT2D eigenvalue weighted by molar-refractivity contribution is 4.81. The van der Waals surface area contributed by atoms with Crippen molar-refractivity contribution in [3.63, 3.8) is 0 Å². The molecular formula is C8H15NO3. The number of rotatable bonds is 3. The average Bonchev–Trinajstić information content (AvgIpc) is 2.89. The van der Waals surface area contributed by atoms with Gasteiger partial charge in [-0.25, -0.2) is 0 Å².